The Labute approximate surface area is 239 Å². The van der Waals surface area contributed by atoms with Crippen molar-refractivity contribution in [1.82, 2.24) is 4.57 Å². The number of morpholine rings is 1. The molecule has 1 aliphatic rings. The van der Waals surface area contributed by atoms with Crippen molar-refractivity contribution in [2.24, 2.45) is 0 Å². The highest BCUT2D eigenvalue weighted by atomic mass is 127. The SMILES string of the molecule is COc1cc2c(cc1Cc1cc(N3CCOCC3)cc(I)c1F)c(=O)c(C(=O)O)cn2[C@H](CO)C(C)(C)OC. The first-order valence-corrected chi connectivity index (χ1v) is 13.6. The molecular formula is C28H32FIN2O7. The fourth-order valence-corrected chi connectivity index (χ4v) is 5.57. The number of nitrogens with zero attached hydrogens (tertiary/aromatic N) is 2. The molecule has 0 radical (unpaired) electrons. The molecule has 4 rings (SSSR count). The van der Waals surface area contributed by atoms with E-state index in [0.29, 0.717) is 52.3 Å². The Kier molecular flexibility index (Phi) is 8.84. The van der Waals surface area contributed by atoms with Crippen LogP contribution in [0.4, 0.5) is 10.1 Å². The van der Waals surface area contributed by atoms with E-state index in [4.69, 9.17) is 14.2 Å². The number of pyridine rings is 1. The number of aromatic nitrogens is 1. The van der Waals surface area contributed by atoms with Gasteiger partial charge in [0.25, 0.3) is 0 Å². The highest BCUT2D eigenvalue weighted by molar-refractivity contribution is 14.1. The quantitative estimate of drug-likeness (QED) is 0.335. The van der Waals surface area contributed by atoms with Crippen molar-refractivity contribution in [2.45, 2.75) is 31.9 Å². The van der Waals surface area contributed by atoms with Crippen molar-refractivity contribution in [3.63, 3.8) is 0 Å². The highest BCUT2D eigenvalue weighted by Gasteiger charge is 2.32. The molecule has 0 spiro atoms. The van der Waals surface area contributed by atoms with Crippen molar-refractivity contribution in [2.75, 3.05) is 52.0 Å². The van der Waals surface area contributed by atoms with Crippen LogP contribution in [0.2, 0.25) is 0 Å². The van der Waals surface area contributed by atoms with Crippen LogP contribution in [-0.2, 0) is 15.9 Å². The summed E-state index contributed by atoms with van der Waals surface area (Å²) in [7, 11) is 2.97. The van der Waals surface area contributed by atoms with Crippen LogP contribution in [0, 0.1) is 9.39 Å². The lowest BCUT2D eigenvalue weighted by Gasteiger charge is -2.35. The van der Waals surface area contributed by atoms with Crippen LogP contribution in [0.15, 0.2) is 35.3 Å². The van der Waals surface area contributed by atoms with E-state index in [2.05, 4.69) is 4.90 Å². The summed E-state index contributed by atoms with van der Waals surface area (Å²) in [6.45, 7) is 5.72. The van der Waals surface area contributed by atoms with E-state index in [1.54, 1.807) is 42.7 Å². The van der Waals surface area contributed by atoms with Gasteiger partial charge in [0.15, 0.2) is 0 Å². The molecule has 3 aromatic rings. The number of anilines is 1. The second kappa shape index (κ2) is 11.8. The fraction of sp³-hybridized carbons (Fsp3) is 0.429. The van der Waals surface area contributed by atoms with Gasteiger partial charge in [-0.3, -0.25) is 4.79 Å². The number of aliphatic hydroxyl groups is 1. The van der Waals surface area contributed by atoms with Crippen LogP contribution in [0.5, 0.6) is 5.75 Å². The van der Waals surface area contributed by atoms with E-state index in [-0.39, 0.29) is 24.2 Å². The van der Waals surface area contributed by atoms with Gasteiger partial charge in [-0.2, -0.15) is 0 Å². The molecule has 210 valence electrons. The number of carbonyl (C=O) groups is 1. The molecule has 0 unspecified atom stereocenters. The van der Waals surface area contributed by atoms with Crippen LogP contribution >= 0.6 is 22.6 Å². The molecule has 0 saturated carbocycles. The Balaban J connectivity index is 1.91. The number of methoxy groups -OCH3 is 2. The molecular weight excluding hydrogens is 622 g/mol. The predicted octanol–water partition coefficient (Wildman–Crippen LogP) is 3.84. The molecule has 1 atom stereocenters. The summed E-state index contributed by atoms with van der Waals surface area (Å²) in [5.41, 5.74) is 0.161. The Hall–Kier alpha value is -2.74. The maximum atomic E-state index is 15.3. The van der Waals surface area contributed by atoms with Crippen LogP contribution in [-0.4, -0.2) is 73.5 Å². The molecule has 9 nitrogen and oxygen atoms in total. The molecule has 39 heavy (non-hydrogen) atoms. The molecule has 11 heteroatoms. The molecule has 1 saturated heterocycles. The lowest BCUT2D eigenvalue weighted by Crippen LogP contribution is -2.39. The first-order valence-electron chi connectivity index (χ1n) is 12.5. The van der Waals surface area contributed by atoms with Crippen molar-refractivity contribution >= 4 is 45.2 Å². The zero-order chi connectivity index (χ0) is 28.5. The van der Waals surface area contributed by atoms with Gasteiger partial charge < -0.3 is 33.9 Å². The number of aromatic carboxylic acids is 1. The molecule has 2 heterocycles. The van der Waals surface area contributed by atoms with Crippen molar-refractivity contribution in [3.05, 3.63) is 66.8 Å². The zero-order valence-corrected chi connectivity index (χ0v) is 24.5. The second-order valence-electron chi connectivity index (χ2n) is 9.95. The second-order valence-corrected chi connectivity index (χ2v) is 11.1. The molecule has 2 aromatic carbocycles. The molecule has 1 fully saturated rings. The minimum Gasteiger partial charge on any atom is -0.496 e. The van der Waals surface area contributed by atoms with Gasteiger partial charge in [-0.25, -0.2) is 9.18 Å². The van der Waals surface area contributed by atoms with Gasteiger partial charge >= 0.3 is 5.97 Å². The molecule has 1 aromatic heterocycles. The summed E-state index contributed by atoms with van der Waals surface area (Å²) in [5.74, 6) is -1.36. The topological polar surface area (TPSA) is 110 Å². The molecule has 1 aliphatic heterocycles. The number of aliphatic hydroxyl groups excluding tert-OH is 1. The molecule has 0 amide bonds. The maximum absolute atomic E-state index is 15.3. The van der Waals surface area contributed by atoms with E-state index < -0.39 is 28.6 Å². The average molecular weight is 654 g/mol. The molecule has 0 bridgehead atoms. The number of carboxylic acid groups (broad SMARTS) is 1. The number of hydrogen-bond donors (Lipinski definition) is 2. The molecule has 2 N–H and O–H groups in total. The minimum atomic E-state index is -1.39. The fourth-order valence-electron chi connectivity index (χ4n) is 4.91. The standard InChI is InChI=1S/C28H32FIN2O7/c1-28(2,38-4)24(15-33)32-14-20(27(35)36)26(34)19-11-16(23(37-3)13-22(19)32)9-17-10-18(12-21(30)25(17)29)31-5-7-39-8-6-31/h10-14,24,33H,5-9,15H2,1-4H3,(H,35,36)/t24-/m1/s1. The van der Waals surface area contributed by atoms with Crippen molar-refractivity contribution in [1.29, 1.82) is 0 Å². The van der Waals surface area contributed by atoms with Crippen LogP contribution in [0.25, 0.3) is 10.9 Å². The van der Waals surface area contributed by atoms with Gasteiger partial charge in [0.1, 0.15) is 17.1 Å². The summed E-state index contributed by atoms with van der Waals surface area (Å²) in [6, 6.07) is 6.06. The third-order valence-electron chi connectivity index (χ3n) is 7.35. The van der Waals surface area contributed by atoms with E-state index >= 15 is 4.39 Å². The van der Waals surface area contributed by atoms with E-state index in [1.807, 2.05) is 22.6 Å². The normalized spacial score (nSPS) is 15.0. The van der Waals surface area contributed by atoms with E-state index in [1.165, 1.54) is 20.4 Å². The van der Waals surface area contributed by atoms with E-state index in [9.17, 15) is 19.8 Å². The summed E-state index contributed by atoms with van der Waals surface area (Å²) in [4.78, 5) is 27.5. The lowest BCUT2D eigenvalue weighted by molar-refractivity contribution is -0.0383. The zero-order valence-electron chi connectivity index (χ0n) is 22.3. The number of hydrogen-bond acceptors (Lipinski definition) is 7. The Bertz CT molecular complexity index is 1450. The summed E-state index contributed by atoms with van der Waals surface area (Å²) < 4.78 is 34.0. The largest absolute Gasteiger partial charge is 0.496 e. The minimum absolute atomic E-state index is 0.114. The van der Waals surface area contributed by atoms with Gasteiger partial charge in [-0.05, 0) is 65.8 Å². The molecule has 0 aliphatic carbocycles. The van der Waals surface area contributed by atoms with Crippen molar-refractivity contribution in [3.8, 4) is 5.75 Å². The number of carboxylic acids is 1. The monoisotopic (exact) mass is 654 g/mol. The predicted molar refractivity (Wildman–Crippen MR) is 154 cm³/mol. The van der Waals surface area contributed by atoms with Gasteiger partial charge in [-0.15, -0.1) is 0 Å². The summed E-state index contributed by atoms with van der Waals surface area (Å²) in [6.07, 6.45) is 1.34. The number of rotatable bonds is 9. The third-order valence-corrected chi connectivity index (χ3v) is 8.13. The average Bonchev–Trinajstić information content (AvgIpc) is 2.92. The highest BCUT2D eigenvalue weighted by Crippen LogP contribution is 2.34. The first-order chi connectivity index (χ1) is 18.5. The van der Waals surface area contributed by atoms with Gasteiger partial charge in [0.05, 0.1) is 47.7 Å². The van der Waals surface area contributed by atoms with E-state index in [0.717, 1.165) is 5.69 Å². The summed E-state index contributed by atoms with van der Waals surface area (Å²) >= 11 is 1.97. The Morgan fingerprint density at radius 3 is 2.46 bits per heavy atom. The van der Waals surface area contributed by atoms with Crippen molar-refractivity contribution < 1.29 is 33.6 Å². The maximum Gasteiger partial charge on any atom is 0.341 e. The number of benzene rings is 2. The van der Waals surface area contributed by atoms with Gasteiger partial charge in [0.2, 0.25) is 5.43 Å². The van der Waals surface area contributed by atoms with Crippen LogP contribution < -0.4 is 15.1 Å². The Morgan fingerprint density at radius 1 is 1.18 bits per heavy atom. The van der Waals surface area contributed by atoms with Crippen LogP contribution in [0.1, 0.15) is 41.4 Å². The number of fused-ring (bicyclic) bond motifs is 1. The number of halogens is 2. The van der Waals surface area contributed by atoms with Crippen LogP contribution in [0.3, 0.4) is 0 Å². The first kappa shape index (κ1) is 29.2. The smallest absolute Gasteiger partial charge is 0.341 e. The number of ether oxygens (including phenoxy) is 3. The Morgan fingerprint density at radius 2 is 1.87 bits per heavy atom. The third kappa shape index (κ3) is 5.76. The van der Waals surface area contributed by atoms with Gasteiger partial charge in [-0.1, -0.05) is 0 Å². The lowest BCUT2D eigenvalue weighted by atomic mass is 9.96. The summed E-state index contributed by atoms with van der Waals surface area (Å²) in [5, 5.41) is 20.2. The van der Waals surface area contributed by atoms with Gasteiger partial charge in [0, 0.05) is 50.0 Å².